The van der Waals surface area contributed by atoms with Crippen molar-refractivity contribution in [3.8, 4) is 0 Å². The van der Waals surface area contributed by atoms with Gasteiger partial charge in [0.05, 0.1) is 23.3 Å². The molecule has 9 nitrogen and oxygen atoms in total. The first-order chi connectivity index (χ1) is 19.4. The lowest BCUT2D eigenvalue weighted by molar-refractivity contribution is -0.136. The molecule has 2 bridgehead atoms. The summed E-state index contributed by atoms with van der Waals surface area (Å²) in [4.78, 5) is 56.5. The van der Waals surface area contributed by atoms with Gasteiger partial charge in [0.15, 0.2) is 0 Å². The van der Waals surface area contributed by atoms with E-state index < -0.39 is 23.8 Å². The van der Waals surface area contributed by atoms with Crippen LogP contribution in [0, 0.1) is 0 Å². The van der Waals surface area contributed by atoms with Crippen LogP contribution in [0.1, 0.15) is 63.1 Å². The number of ether oxygens (including phenoxy) is 1. The average molecular weight is 543 g/mol. The summed E-state index contributed by atoms with van der Waals surface area (Å²) in [5.74, 6) is -1.87. The molecule has 3 unspecified atom stereocenters. The standard InChI is InChI=1S/C31H34N4O5/c36-27-13-12-26(29(37)32-27)35-30(38)25-3-1-2-21(28(25)31(35)39)9-8-19-4-6-20(7-5-19)14-33-15-22(16-33)34-17-23-10-11-24(18-34)40-23/h1-7,22-24,26H,8-18H2,(H,32,36,37). The van der Waals surface area contributed by atoms with Crippen LogP contribution in [0.4, 0.5) is 0 Å². The van der Waals surface area contributed by atoms with Gasteiger partial charge in [-0.15, -0.1) is 0 Å². The molecule has 208 valence electrons. The van der Waals surface area contributed by atoms with Crippen LogP contribution in [-0.2, 0) is 33.7 Å². The molecule has 2 aromatic rings. The molecule has 3 atom stereocenters. The van der Waals surface area contributed by atoms with E-state index in [9.17, 15) is 19.2 Å². The topological polar surface area (TPSA) is 99.3 Å². The van der Waals surface area contributed by atoms with E-state index in [1.54, 1.807) is 12.1 Å². The minimum atomic E-state index is -0.948. The minimum absolute atomic E-state index is 0.111. The van der Waals surface area contributed by atoms with Crippen molar-refractivity contribution < 1.29 is 23.9 Å². The molecule has 9 heteroatoms. The van der Waals surface area contributed by atoms with Crippen molar-refractivity contribution in [2.75, 3.05) is 26.2 Å². The predicted octanol–water partition coefficient (Wildman–Crippen LogP) is 1.92. The summed E-state index contributed by atoms with van der Waals surface area (Å²) >= 11 is 0. The van der Waals surface area contributed by atoms with Gasteiger partial charge >= 0.3 is 0 Å². The molecule has 4 fully saturated rings. The van der Waals surface area contributed by atoms with E-state index in [1.165, 1.54) is 24.0 Å². The first kappa shape index (κ1) is 25.6. The zero-order valence-corrected chi connectivity index (χ0v) is 22.5. The molecular formula is C31H34N4O5. The van der Waals surface area contributed by atoms with Gasteiger partial charge in [0.2, 0.25) is 11.8 Å². The highest BCUT2D eigenvalue weighted by atomic mass is 16.5. The number of hydrogen-bond acceptors (Lipinski definition) is 7. The fourth-order valence-corrected chi connectivity index (χ4v) is 6.99. The first-order valence-electron chi connectivity index (χ1n) is 14.5. The number of hydrogen-bond donors (Lipinski definition) is 1. The van der Waals surface area contributed by atoms with Gasteiger partial charge in [-0.25, -0.2) is 0 Å². The van der Waals surface area contributed by atoms with Gasteiger partial charge in [-0.05, 0) is 54.9 Å². The van der Waals surface area contributed by atoms with E-state index in [1.807, 2.05) is 6.07 Å². The zero-order valence-electron chi connectivity index (χ0n) is 22.5. The van der Waals surface area contributed by atoms with Crippen LogP contribution in [0.2, 0.25) is 0 Å². The number of carbonyl (C=O) groups is 4. The van der Waals surface area contributed by atoms with Crippen molar-refractivity contribution in [2.45, 2.75) is 69.4 Å². The normalized spacial score (nSPS) is 27.2. The number of piperidine rings is 1. The number of imide groups is 2. The van der Waals surface area contributed by atoms with E-state index in [4.69, 9.17) is 4.74 Å². The Hall–Kier alpha value is -3.40. The number of fused-ring (bicyclic) bond motifs is 3. The lowest BCUT2D eigenvalue weighted by Gasteiger charge is -2.48. The zero-order chi connectivity index (χ0) is 27.4. The third kappa shape index (κ3) is 4.66. The number of nitrogens with zero attached hydrogens (tertiary/aromatic N) is 3. The summed E-state index contributed by atoms with van der Waals surface area (Å²) < 4.78 is 5.98. The molecule has 0 aliphatic carbocycles. The Labute approximate surface area is 233 Å². The van der Waals surface area contributed by atoms with Crippen LogP contribution in [0.15, 0.2) is 42.5 Å². The summed E-state index contributed by atoms with van der Waals surface area (Å²) in [5, 5.41) is 2.25. The van der Waals surface area contributed by atoms with Crippen molar-refractivity contribution in [1.82, 2.24) is 20.0 Å². The van der Waals surface area contributed by atoms with Gasteiger partial charge in [-0.2, -0.15) is 0 Å². The van der Waals surface area contributed by atoms with Crippen LogP contribution in [0.25, 0.3) is 0 Å². The molecule has 7 rings (SSSR count). The van der Waals surface area contributed by atoms with E-state index in [0.29, 0.717) is 35.8 Å². The summed E-state index contributed by atoms with van der Waals surface area (Å²) in [6, 6.07) is 13.7. The Morgan fingerprint density at radius 3 is 2.25 bits per heavy atom. The third-order valence-electron chi connectivity index (χ3n) is 9.19. The largest absolute Gasteiger partial charge is 0.372 e. The lowest BCUT2D eigenvalue weighted by atomic mass is 9.96. The Bertz CT molecular complexity index is 1360. The van der Waals surface area contributed by atoms with Gasteiger partial charge < -0.3 is 4.74 Å². The molecule has 0 radical (unpaired) electrons. The molecule has 1 N–H and O–H groups in total. The summed E-state index contributed by atoms with van der Waals surface area (Å²) in [7, 11) is 0. The Balaban J connectivity index is 0.946. The van der Waals surface area contributed by atoms with Gasteiger partial charge in [-0.3, -0.25) is 39.2 Å². The van der Waals surface area contributed by atoms with Crippen molar-refractivity contribution in [3.05, 3.63) is 70.3 Å². The number of benzene rings is 2. The fraction of sp³-hybridized carbons (Fsp3) is 0.484. The van der Waals surface area contributed by atoms with Crippen LogP contribution in [0.3, 0.4) is 0 Å². The minimum Gasteiger partial charge on any atom is -0.372 e. The van der Waals surface area contributed by atoms with Crippen LogP contribution in [0.5, 0.6) is 0 Å². The van der Waals surface area contributed by atoms with Crippen LogP contribution in [-0.4, -0.2) is 88.8 Å². The molecule has 5 aliphatic rings. The number of amides is 4. The maximum Gasteiger partial charge on any atom is 0.262 e. The Morgan fingerprint density at radius 1 is 0.800 bits per heavy atom. The SMILES string of the molecule is O=C1CCC(N2C(=O)c3cccc(CCc4ccc(CN5CC(N6CC7CCC(C6)O7)C5)cc4)c3C2=O)C(=O)N1. The first-order valence-corrected chi connectivity index (χ1v) is 14.5. The molecule has 4 saturated heterocycles. The molecule has 4 amide bonds. The second-order valence-corrected chi connectivity index (χ2v) is 11.9. The molecule has 0 spiro atoms. The van der Waals surface area contributed by atoms with Crippen LogP contribution >= 0.6 is 0 Å². The molecule has 5 aliphatic heterocycles. The summed E-state index contributed by atoms with van der Waals surface area (Å²) in [5.41, 5.74) is 3.99. The van der Waals surface area contributed by atoms with E-state index in [-0.39, 0.29) is 18.7 Å². The number of likely N-dealkylation sites (tertiary alicyclic amines) is 2. The van der Waals surface area contributed by atoms with Gasteiger partial charge in [-0.1, -0.05) is 36.4 Å². The van der Waals surface area contributed by atoms with Crippen molar-refractivity contribution in [3.63, 3.8) is 0 Å². The smallest absolute Gasteiger partial charge is 0.262 e. The van der Waals surface area contributed by atoms with Crippen LogP contribution < -0.4 is 5.32 Å². The van der Waals surface area contributed by atoms with Gasteiger partial charge in [0.1, 0.15) is 6.04 Å². The Morgan fingerprint density at radius 2 is 1.52 bits per heavy atom. The van der Waals surface area contributed by atoms with E-state index >= 15 is 0 Å². The predicted molar refractivity (Wildman–Crippen MR) is 145 cm³/mol. The molecule has 5 heterocycles. The number of rotatable bonds is 7. The molecule has 0 saturated carbocycles. The highest BCUT2D eigenvalue weighted by Crippen LogP contribution is 2.32. The number of carbonyl (C=O) groups excluding carboxylic acids is 4. The summed E-state index contributed by atoms with van der Waals surface area (Å²) in [6.45, 7) is 5.35. The molecule has 0 aromatic heterocycles. The number of morpholine rings is 1. The highest BCUT2D eigenvalue weighted by molar-refractivity contribution is 6.24. The van der Waals surface area contributed by atoms with Gasteiger partial charge in [0, 0.05) is 45.2 Å². The summed E-state index contributed by atoms with van der Waals surface area (Å²) in [6.07, 6.45) is 4.93. The second-order valence-electron chi connectivity index (χ2n) is 11.9. The third-order valence-corrected chi connectivity index (χ3v) is 9.19. The monoisotopic (exact) mass is 542 g/mol. The average Bonchev–Trinajstić information content (AvgIpc) is 3.40. The highest BCUT2D eigenvalue weighted by Gasteiger charge is 2.45. The number of aryl methyl sites for hydroxylation is 2. The molecular weight excluding hydrogens is 508 g/mol. The van der Waals surface area contributed by atoms with Crippen molar-refractivity contribution in [2.24, 2.45) is 0 Å². The lowest BCUT2D eigenvalue weighted by Crippen LogP contribution is -2.62. The maximum absolute atomic E-state index is 13.3. The molecule has 2 aromatic carbocycles. The second kappa shape index (κ2) is 10.2. The number of nitrogens with one attached hydrogen (secondary N) is 1. The Kier molecular flexibility index (Phi) is 6.53. The van der Waals surface area contributed by atoms with E-state index in [2.05, 4.69) is 39.4 Å². The maximum atomic E-state index is 13.3. The van der Waals surface area contributed by atoms with E-state index in [0.717, 1.165) is 49.6 Å². The van der Waals surface area contributed by atoms with Crippen molar-refractivity contribution in [1.29, 1.82) is 0 Å². The fourth-order valence-electron chi connectivity index (χ4n) is 6.99. The van der Waals surface area contributed by atoms with Crippen molar-refractivity contribution >= 4 is 23.6 Å². The van der Waals surface area contributed by atoms with Gasteiger partial charge in [0.25, 0.3) is 11.8 Å². The molecule has 40 heavy (non-hydrogen) atoms. The quantitative estimate of drug-likeness (QED) is 0.534.